The number of thioether (sulfide) groups is 1. The normalized spacial score (nSPS) is 23.9. The topological polar surface area (TPSA) is 47.0 Å². The van der Waals surface area contributed by atoms with Crippen LogP contribution in [0, 0.1) is 5.92 Å². The lowest BCUT2D eigenvalue weighted by Gasteiger charge is -2.17. The first-order chi connectivity index (χ1) is 8.33. The smallest absolute Gasteiger partial charge is 0.130 e. The SMILES string of the molecule is CCC1OCCC1CNc1cc(SC)ncn1. The van der Waals surface area contributed by atoms with Crippen LogP contribution in [0.2, 0.25) is 0 Å². The Kier molecular flexibility index (Phi) is 4.62. The van der Waals surface area contributed by atoms with E-state index in [2.05, 4.69) is 22.2 Å². The Labute approximate surface area is 107 Å². The summed E-state index contributed by atoms with van der Waals surface area (Å²) in [5.74, 6) is 1.51. The van der Waals surface area contributed by atoms with Crippen LogP contribution < -0.4 is 5.32 Å². The third-order valence-electron chi connectivity index (χ3n) is 3.15. The summed E-state index contributed by atoms with van der Waals surface area (Å²) in [7, 11) is 0. The van der Waals surface area contributed by atoms with Gasteiger partial charge in [-0.25, -0.2) is 9.97 Å². The molecule has 0 radical (unpaired) electrons. The summed E-state index contributed by atoms with van der Waals surface area (Å²) in [4.78, 5) is 8.38. The fourth-order valence-corrected chi connectivity index (χ4v) is 2.54. The maximum atomic E-state index is 5.67. The minimum atomic E-state index is 0.407. The molecule has 2 unspecified atom stereocenters. The van der Waals surface area contributed by atoms with Gasteiger partial charge in [0.2, 0.25) is 0 Å². The van der Waals surface area contributed by atoms with Crippen molar-refractivity contribution >= 4 is 17.6 Å². The molecule has 1 fully saturated rings. The molecule has 1 aliphatic heterocycles. The molecule has 1 N–H and O–H groups in total. The Bertz CT molecular complexity index is 361. The Morgan fingerprint density at radius 2 is 2.41 bits per heavy atom. The Balaban J connectivity index is 1.88. The Morgan fingerprint density at radius 1 is 1.53 bits per heavy atom. The van der Waals surface area contributed by atoms with Crippen molar-refractivity contribution in [3.8, 4) is 0 Å². The molecule has 0 spiro atoms. The quantitative estimate of drug-likeness (QED) is 0.645. The van der Waals surface area contributed by atoms with E-state index >= 15 is 0 Å². The number of hydrogen-bond acceptors (Lipinski definition) is 5. The number of ether oxygens (including phenoxy) is 1. The molecule has 0 saturated carbocycles. The van der Waals surface area contributed by atoms with Crippen LogP contribution in [0.3, 0.4) is 0 Å². The molecule has 0 aromatic carbocycles. The van der Waals surface area contributed by atoms with Crippen LogP contribution in [0.5, 0.6) is 0 Å². The highest BCUT2D eigenvalue weighted by atomic mass is 32.2. The molecule has 0 bridgehead atoms. The zero-order valence-electron chi connectivity index (χ0n) is 10.3. The molecule has 94 valence electrons. The summed E-state index contributed by atoms with van der Waals surface area (Å²) in [6.07, 6.45) is 6.27. The van der Waals surface area contributed by atoms with E-state index in [1.54, 1.807) is 18.1 Å². The summed E-state index contributed by atoms with van der Waals surface area (Å²) in [6.45, 7) is 4.01. The van der Waals surface area contributed by atoms with E-state index in [1.807, 2.05) is 12.3 Å². The van der Waals surface area contributed by atoms with Gasteiger partial charge in [0.15, 0.2) is 0 Å². The average Bonchev–Trinajstić information content (AvgIpc) is 2.84. The standard InChI is InChI=1S/C12H19N3OS/c1-3-10-9(4-5-16-10)7-13-11-6-12(17-2)15-8-14-11/h6,8-10H,3-5,7H2,1-2H3,(H,13,14,15). The van der Waals surface area contributed by atoms with Crippen LogP contribution >= 0.6 is 11.8 Å². The van der Waals surface area contributed by atoms with E-state index in [0.717, 1.165) is 36.8 Å². The third kappa shape index (κ3) is 3.33. The maximum Gasteiger partial charge on any atom is 0.130 e. The summed E-state index contributed by atoms with van der Waals surface area (Å²) in [5.41, 5.74) is 0. The van der Waals surface area contributed by atoms with Crippen LogP contribution in [0.25, 0.3) is 0 Å². The number of rotatable bonds is 5. The van der Waals surface area contributed by atoms with E-state index in [-0.39, 0.29) is 0 Å². The van der Waals surface area contributed by atoms with Crippen molar-refractivity contribution in [2.24, 2.45) is 5.92 Å². The molecule has 2 atom stereocenters. The van der Waals surface area contributed by atoms with Gasteiger partial charge in [-0.05, 0) is 19.1 Å². The molecule has 5 heteroatoms. The number of nitrogens with one attached hydrogen (secondary N) is 1. The molecular weight excluding hydrogens is 234 g/mol. The van der Waals surface area contributed by atoms with Crippen molar-refractivity contribution < 1.29 is 4.74 Å². The van der Waals surface area contributed by atoms with E-state index in [4.69, 9.17) is 4.74 Å². The van der Waals surface area contributed by atoms with Crippen LogP contribution in [-0.2, 0) is 4.74 Å². The summed E-state index contributed by atoms with van der Waals surface area (Å²) < 4.78 is 5.67. The first-order valence-corrected chi connectivity index (χ1v) is 7.27. The third-order valence-corrected chi connectivity index (χ3v) is 3.79. The lowest BCUT2D eigenvalue weighted by molar-refractivity contribution is 0.0900. The molecule has 1 aliphatic rings. The van der Waals surface area contributed by atoms with Crippen LogP contribution in [0.4, 0.5) is 5.82 Å². The van der Waals surface area contributed by atoms with Crippen molar-refractivity contribution in [1.82, 2.24) is 9.97 Å². The van der Waals surface area contributed by atoms with Crippen LogP contribution in [-0.4, -0.2) is 35.5 Å². The van der Waals surface area contributed by atoms with Gasteiger partial charge >= 0.3 is 0 Å². The molecule has 0 amide bonds. The summed E-state index contributed by atoms with van der Waals surface area (Å²) in [6, 6.07) is 1.99. The van der Waals surface area contributed by atoms with Crippen molar-refractivity contribution in [2.45, 2.75) is 30.9 Å². The van der Waals surface area contributed by atoms with Crippen molar-refractivity contribution in [1.29, 1.82) is 0 Å². The second-order valence-corrected chi connectivity index (χ2v) is 5.02. The van der Waals surface area contributed by atoms with E-state index < -0.39 is 0 Å². The molecule has 1 aromatic heterocycles. The monoisotopic (exact) mass is 253 g/mol. The minimum Gasteiger partial charge on any atom is -0.378 e. The molecule has 1 aromatic rings. The first kappa shape index (κ1) is 12.6. The van der Waals surface area contributed by atoms with Gasteiger partial charge in [0.1, 0.15) is 17.2 Å². The zero-order valence-corrected chi connectivity index (χ0v) is 11.2. The van der Waals surface area contributed by atoms with Gasteiger partial charge in [-0.2, -0.15) is 0 Å². The van der Waals surface area contributed by atoms with Gasteiger partial charge in [-0.3, -0.25) is 0 Å². The zero-order chi connectivity index (χ0) is 12.1. The number of nitrogens with zero attached hydrogens (tertiary/aromatic N) is 2. The highest BCUT2D eigenvalue weighted by Crippen LogP contribution is 2.23. The Hall–Kier alpha value is -0.810. The largest absolute Gasteiger partial charge is 0.378 e. The van der Waals surface area contributed by atoms with Crippen LogP contribution in [0.15, 0.2) is 17.4 Å². The van der Waals surface area contributed by atoms with E-state index in [9.17, 15) is 0 Å². The van der Waals surface area contributed by atoms with E-state index in [1.165, 1.54) is 0 Å². The molecule has 17 heavy (non-hydrogen) atoms. The highest BCUT2D eigenvalue weighted by Gasteiger charge is 2.26. The van der Waals surface area contributed by atoms with Gasteiger partial charge in [-0.15, -0.1) is 11.8 Å². The molecule has 2 rings (SSSR count). The second-order valence-electron chi connectivity index (χ2n) is 4.19. The molecule has 4 nitrogen and oxygen atoms in total. The van der Waals surface area contributed by atoms with Gasteiger partial charge in [-0.1, -0.05) is 6.92 Å². The average molecular weight is 253 g/mol. The number of anilines is 1. The van der Waals surface area contributed by atoms with Crippen molar-refractivity contribution in [3.05, 3.63) is 12.4 Å². The summed E-state index contributed by atoms with van der Waals surface area (Å²) in [5, 5.41) is 4.38. The van der Waals surface area contributed by atoms with Gasteiger partial charge in [0.25, 0.3) is 0 Å². The lowest BCUT2D eigenvalue weighted by atomic mass is 10.00. The van der Waals surface area contributed by atoms with Crippen LogP contribution in [0.1, 0.15) is 19.8 Å². The lowest BCUT2D eigenvalue weighted by Crippen LogP contribution is -2.23. The van der Waals surface area contributed by atoms with E-state index in [0.29, 0.717) is 12.0 Å². The molecular formula is C12H19N3OS. The molecule has 1 saturated heterocycles. The predicted octanol–water partition coefficient (Wildman–Crippen LogP) is 2.43. The summed E-state index contributed by atoms with van der Waals surface area (Å²) >= 11 is 1.63. The predicted molar refractivity (Wildman–Crippen MR) is 70.4 cm³/mol. The molecule has 2 heterocycles. The second kappa shape index (κ2) is 6.21. The fourth-order valence-electron chi connectivity index (χ4n) is 2.16. The van der Waals surface area contributed by atoms with Gasteiger partial charge < -0.3 is 10.1 Å². The van der Waals surface area contributed by atoms with Gasteiger partial charge in [0, 0.05) is 25.1 Å². The maximum absolute atomic E-state index is 5.67. The first-order valence-electron chi connectivity index (χ1n) is 6.05. The number of hydrogen-bond donors (Lipinski definition) is 1. The van der Waals surface area contributed by atoms with Crippen molar-refractivity contribution in [3.63, 3.8) is 0 Å². The number of aromatic nitrogens is 2. The highest BCUT2D eigenvalue weighted by molar-refractivity contribution is 7.98. The fraction of sp³-hybridized carbons (Fsp3) is 0.667. The molecule has 0 aliphatic carbocycles. The van der Waals surface area contributed by atoms with Crippen molar-refractivity contribution in [2.75, 3.05) is 24.7 Å². The Morgan fingerprint density at radius 3 is 3.18 bits per heavy atom. The minimum absolute atomic E-state index is 0.407. The van der Waals surface area contributed by atoms with Gasteiger partial charge in [0.05, 0.1) is 6.10 Å².